The van der Waals surface area contributed by atoms with Crippen molar-refractivity contribution in [2.45, 2.75) is 17.7 Å². The zero-order valence-electron chi connectivity index (χ0n) is 15.7. The number of para-hydroxylation sites is 1. The number of sulfonamides is 1. The first-order valence-electron chi connectivity index (χ1n) is 9.25. The van der Waals surface area contributed by atoms with E-state index in [4.69, 9.17) is 4.74 Å². The van der Waals surface area contributed by atoms with Crippen LogP contribution in [0.2, 0.25) is 0 Å². The largest absolute Gasteiger partial charge is 0.484 e. The molecule has 0 saturated carbocycles. The Morgan fingerprint density at radius 3 is 2.31 bits per heavy atom. The van der Waals surface area contributed by atoms with Crippen molar-refractivity contribution in [1.29, 1.82) is 0 Å². The highest BCUT2D eigenvalue weighted by atomic mass is 32.2. The van der Waals surface area contributed by atoms with Gasteiger partial charge in [-0.1, -0.05) is 18.2 Å². The number of ether oxygens (including phenoxy) is 1. The Kier molecular flexibility index (Phi) is 6.81. The number of hydrogen-bond donors (Lipinski definition) is 1. The van der Waals surface area contributed by atoms with E-state index in [1.165, 1.54) is 0 Å². The van der Waals surface area contributed by atoms with E-state index in [-0.39, 0.29) is 25.0 Å². The predicted octanol–water partition coefficient (Wildman–Crippen LogP) is 2.56. The van der Waals surface area contributed by atoms with Gasteiger partial charge >= 0.3 is 0 Å². The maximum Gasteiger partial charge on any atom is 0.260 e. The van der Waals surface area contributed by atoms with Crippen molar-refractivity contribution >= 4 is 15.9 Å². The molecule has 1 N–H and O–H groups in total. The first-order chi connectivity index (χ1) is 13.8. The summed E-state index contributed by atoms with van der Waals surface area (Å²) in [6.07, 6.45) is 1.24. The molecule has 1 amide bonds. The van der Waals surface area contributed by atoms with Crippen molar-refractivity contribution < 1.29 is 26.7 Å². The zero-order valence-corrected chi connectivity index (χ0v) is 16.5. The molecule has 1 aliphatic heterocycles. The van der Waals surface area contributed by atoms with Gasteiger partial charge in [0.25, 0.3) is 5.91 Å². The molecule has 29 heavy (non-hydrogen) atoms. The average Bonchev–Trinajstić information content (AvgIpc) is 2.71. The van der Waals surface area contributed by atoms with Crippen molar-refractivity contribution in [3.8, 4) is 5.75 Å². The normalized spacial score (nSPS) is 15.3. The zero-order chi connectivity index (χ0) is 20.9. The summed E-state index contributed by atoms with van der Waals surface area (Å²) in [4.78, 5) is 13.5. The molecule has 0 unspecified atom stereocenters. The third-order valence-corrected chi connectivity index (χ3v) is 6.18. The third-order valence-electron chi connectivity index (χ3n) is 4.78. The summed E-state index contributed by atoms with van der Waals surface area (Å²) in [5.41, 5.74) is 0. The van der Waals surface area contributed by atoms with Gasteiger partial charge in [0, 0.05) is 25.7 Å². The van der Waals surface area contributed by atoms with Crippen LogP contribution in [-0.2, 0) is 14.8 Å². The molecule has 0 aromatic heterocycles. The van der Waals surface area contributed by atoms with E-state index in [1.807, 2.05) is 18.2 Å². The van der Waals surface area contributed by atoms with E-state index >= 15 is 0 Å². The Labute approximate surface area is 168 Å². The summed E-state index contributed by atoms with van der Waals surface area (Å²) < 4.78 is 58.9. The number of carbonyl (C=O) groups is 1. The Hall–Kier alpha value is -2.52. The van der Waals surface area contributed by atoms with Crippen LogP contribution in [-0.4, -0.2) is 45.5 Å². The highest BCUT2D eigenvalue weighted by molar-refractivity contribution is 7.89. The molecule has 156 valence electrons. The van der Waals surface area contributed by atoms with Crippen LogP contribution < -0.4 is 9.46 Å². The summed E-state index contributed by atoms with van der Waals surface area (Å²) in [6.45, 7) is 1.09. The number of halogens is 2. The van der Waals surface area contributed by atoms with Crippen LogP contribution in [0.25, 0.3) is 0 Å². The van der Waals surface area contributed by atoms with Crippen LogP contribution in [0, 0.1) is 17.6 Å². The second kappa shape index (κ2) is 9.32. The Balaban J connectivity index is 1.45. The molecule has 0 spiro atoms. The number of rotatable bonds is 7. The van der Waals surface area contributed by atoms with Gasteiger partial charge in [0.05, 0.1) is 4.90 Å². The summed E-state index contributed by atoms with van der Waals surface area (Å²) in [6, 6.07) is 11.2. The van der Waals surface area contributed by atoms with E-state index in [0.29, 0.717) is 37.7 Å². The molecule has 0 radical (unpaired) electrons. The SMILES string of the molecule is O=C(COc1ccccc1)N1CCC(CNS(=O)(=O)c2cc(F)cc(F)c2)CC1. The molecule has 3 rings (SSSR count). The predicted molar refractivity (Wildman–Crippen MR) is 103 cm³/mol. The molecule has 2 aromatic carbocycles. The molecule has 1 saturated heterocycles. The van der Waals surface area contributed by atoms with Gasteiger partial charge in [0.1, 0.15) is 17.4 Å². The Morgan fingerprint density at radius 2 is 1.69 bits per heavy atom. The van der Waals surface area contributed by atoms with Gasteiger partial charge in [-0.05, 0) is 43.0 Å². The van der Waals surface area contributed by atoms with Gasteiger partial charge in [-0.3, -0.25) is 4.79 Å². The van der Waals surface area contributed by atoms with E-state index in [9.17, 15) is 22.0 Å². The van der Waals surface area contributed by atoms with Gasteiger partial charge < -0.3 is 9.64 Å². The van der Waals surface area contributed by atoms with Crippen LogP contribution in [0.5, 0.6) is 5.75 Å². The summed E-state index contributed by atoms with van der Waals surface area (Å²) in [5.74, 6) is -1.37. The lowest BCUT2D eigenvalue weighted by Crippen LogP contribution is -2.43. The maximum atomic E-state index is 13.3. The standard InChI is InChI=1S/C20H22F2N2O4S/c21-16-10-17(22)12-19(11-16)29(26,27)23-13-15-6-8-24(9-7-15)20(25)14-28-18-4-2-1-3-5-18/h1-5,10-12,15,23H,6-9,13-14H2. The van der Waals surface area contributed by atoms with Crippen LogP contribution in [0.15, 0.2) is 53.4 Å². The minimum atomic E-state index is -4.00. The Morgan fingerprint density at radius 1 is 1.07 bits per heavy atom. The third kappa shape index (κ3) is 5.98. The molecule has 2 aromatic rings. The highest BCUT2D eigenvalue weighted by Crippen LogP contribution is 2.19. The maximum absolute atomic E-state index is 13.3. The van der Waals surface area contributed by atoms with Gasteiger partial charge in [0.15, 0.2) is 6.61 Å². The van der Waals surface area contributed by atoms with Crippen molar-refractivity contribution in [2.75, 3.05) is 26.2 Å². The minimum Gasteiger partial charge on any atom is -0.484 e. The fraction of sp³-hybridized carbons (Fsp3) is 0.350. The second-order valence-electron chi connectivity index (χ2n) is 6.88. The molecule has 1 heterocycles. The van der Waals surface area contributed by atoms with Crippen LogP contribution >= 0.6 is 0 Å². The molecule has 0 atom stereocenters. The summed E-state index contributed by atoms with van der Waals surface area (Å²) in [7, 11) is -4.00. The monoisotopic (exact) mass is 424 g/mol. The topological polar surface area (TPSA) is 75.7 Å². The summed E-state index contributed by atoms with van der Waals surface area (Å²) >= 11 is 0. The van der Waals surface area contributed by atoms with Crippen LogP contribution in [0.3, 0.4) is 0 Å². The fourth-order valence-electron chi connectivity index (χ4n) is 3.13. The van der Waals surface area contributed by atoms with E-state index in [2.05, 4.69) is 4.72 Å². The number of carbonyl (C=O) groups excluding carboxylic acids is 1. The lowest BCUT2D eigenvalue weighted by atomic mass is 9.97. The summed E-state index contributed by atoms with van der Waals surface area (Å²) in [5, 5.41) is 0. The van der Waals surface area contributed by atoms with Crippen LogP contribution in [0.4, 0.5) is 8.78 Å². The van der Waals surface area contributed by atoms with Crippen LogP contribution in [0.1, 0.15) is 12.8 Å². The minimum absolute atomic E-state index is 0.0299. The lowest BCUT2D eigenvalue weighted by molar-refractivity contribution is -0.134. The molecule has 1 fully saturated rings. The smallest absolute Gasteiger partial charge is 0.260 e. The van der Waals surface area contributed by atoms with Gasteiger partial charge in [0.2, 0.25) is 10.0 Å². The molecular weight excluding hydrogens is 402 g/mol. The van der Waals surface area contributed by atoms with Crippen molar-refractivity contribution in [1.82, 2.24) is 9.62 Å². The van der Waals surface area contributed by atoms with Crippen molar-refractivity contribution in [2.24, 2.45) is 5.92 Å². The molecule has 6 nitrogen and oxygen atoms in total. The number of likely N-dealkylation sites (tertiary alicyclic amines) is 1. The number of benzene rings is 2. The number of nitrogens with one attached hydrogen (secondary N) is 1. The van der Waals surface area contributed by atoms with Crippen molar-refractivity contribution in [3.05, 3.63) is 60.2 Å². The quantitative estimate of drug-likeness (QED) is 0.741. The second-order valence-corrected chi connectivity index (χ2v) is 8.65. The number of piperidine rings is 1. The molecule has 0 aliphatic carbocycles. The average molecular weight is 424 g/mol. The van der Waals surface area contributed by atoms with E-state index in [1.54, 1.807) is 17.0 Å². The molecular formula is C20H22F2N2O4S. The molecule has 9 heteroatoms. The van der Waals surface area contributed by atoms with Gasteiger partial charge in [-0.15, -0.1) is 0 Å². The number of nitrogens with zero attached hydrogens (tertiary/aromatic N) is 1. The number of hydrogen-bond acceptors (Lipinski definition) is 4. The highest BCUT2D eigenvalue weighted by Gasteiger charge is 2.25. The van der Waals surface area contributed by atoms with Gasteiger partial charge in [-0.25, -0.2) is 21.9 Å². The first-order valence-corrected chi connectivity index (χ1v) is 10.7. The molecule has 1 aliphatic rings. The van der Waals surface area contributed by atoms with Crippen molar-refractivity contribution in [3.63, 3.8) is 0 Å². The number of amides is 1. The first kappa shape index (κ1) is 21.2. The van der Waals surface area contributed by atoms with Gasteiger partial charge in [-0.2, -0.15) is 0 Å². The lowest BCUT2D eigenvalue weighted by Gasteiger charge is -2.32. The molecule has 0 bridgehead atoms. The van der Waals surface area contributed by atoms with E-state index < -0.39 is 26.6 Å². The fourth-order valence-corrected chi connectivity index (χ4v) is 4.29. The van der Waals surface area contributed by atoms with E-state index in [0.717, 1.165) is 12.1 Å². The Bertz CT molecular complexity index is 926.